The molecule has 1 aliphatic heterocycles. The normalized spacial score (nSPS) is 26.6. The van der Waals surface area contributed by atoms with E-state index in [-0.39, 0.29) is 11.2 Å². The van der Waals surface area contributed by atoms with Crippen molar-refractivity contribution in [3.05, 3.63) is 0 Å². The standard InChI is InChI=1S/C14H30N2O2S/c1-6-19(17,18)9-7-8-16-11-12(2)15-10-13(16)14(3,4)5/h12-13,15H,6-11H2,1-5H3. The van der Waals surface area contributed by atoms with Gasteiger partial charge in [-0.1, -0.05) is 27.7 Å². The van der Waals surface area contributed by atoms with E-state index in [0.29, 0.717) is 17.8 Å². The van der Waals surface area contributed by atoms with E-state index in [9.17, 15) is 8.42 Å². The number of nitrogens with one attached hydrogen (secondary N) is 1. The predicted octanol–water partition coefficient (Wildman–Crippen LogP) is 1.52. The average molecular weight is 290 g/mol. The van der Waals surface area contributed by atoms with Crippen LogP contribution < -0.4 is 5.32 Å². The number of hydrogen-bond donors (Lipinski definition) is 1. The molecular weight excluding hydrogens is 260 g/mol. The van der Waals surface area contributed by atoms with Crippen molar-refractivity contribution >= 4 is 9.84 Å². The summed E-state index contributed by atoms with van der Waals surface area (Å²) in [6, 6.07) is 0.967. The van der Waals surface area contributed by atoms with Crippen LogP contribution in [0.4, 0.5) is 0 Å². The minimum Gasteiger partial charge on any atom is -0.311 e. The first-order chi connectivity index (χ1) is 8.65. The lowest BCUT2D eigenvalue weighted by atomic mass is 9.84. The molecule has 0 spiro atoms. The van der Waals surface area contributed by atoms with Gasteiger partial charge in [-0.2, -0.15) is 0 Å². The number of nitrogens with zero attached hydrogens (tertiary/aromatic N) is 1. The maximum atomic E-state index is 11.6. The first kappa shape index (κ1) is 16.9. The third-order valence-corrected chi connectivity index (χ3v) is 5.74. The van der Waals surface area contributed by atoms with Gasteiger partial charge in [0.25, 0.3) is 0 Å². The molecule has 5 heteroatoms. The maximum Gasteiger partial charge on any atom is 0.150 e. The zero-order valence-corrected chi connectivity index (χ0v) is 13.9. The van der Waals surface area contributed by atoms with Crippen molar-refractivity contribution in [1.29, 1.82) is 0 Å². The highest BCUT2D eigenvalue weighted by Crippen LogP contribution is 2.26. The fourth-order valence-electron chi connectivity index (χ4n) is 2.72. The van der Waals surface area contributed by atoms with Crippen molar-refractivity contribution < 1.29 is 8.42 Å². The summed E-state index contributed by atoms with van der Waals surface area (Å²) >= 11 is 0. The first-order valence-electron chi connectivity index (χ1n) is 7.33. The maximum absolute atomic E-state index is 11.6. The molecule has 0 aromatic carbocycles. The van der Waals surface area contributed by atoms with Crippen molar-refractivity contribution in [2.45, 2.75) is 53.1 Å². The third kappa shape index (κ3) is 5.40. The predicted molar refractivity (Wildman–Crippen MR) is 81.2 cm³/mol. The van der Waals surface area contributed by atoms with Crippen LogP contribution in [0.3, 0.4) is 0 Å². The monoisotopic (exact) mass is 290 g/mol. The zero-order chi connectivity index (χ0) is 14.7. The molecule has 0 bridgehead atoms. The summed E-state index contributed by atoms with van der Waals surface area (Å²) in [5.41, 5.74) is 0.219. The lowest BCUT2D eigenvalue weighted by Crippen LogP contribution is -2.60. The van der Waals surface area contributed by atoms with Crippen LogP contribution in [0, 0.1) is 5.41 Å². The van der Waals surface area contributed by atoms with Crippen molar-refractivity contribution in [2.75, 3.05) is 31.1 Å². The van der Waals surface area contributed by atoms with E-state index in [1.54, 1.807) is 6.92 Å². The molecule has 114 valence electrons. The van der Waals surface area contributed by atoms with E-state index in [0.717, 1.165) is 26.1 Å². The summed E-state index contributed by atoms with van der Waals surface area (Å²) in [6.07, 6.45) is 0.746. The molecule has 0 aromatic heterocycles. The Hall–Kier alpha value is -0.130. The molecule has 0 radical (unpaired) electrons. The van der Waals surface area contributed by atoms with Gasteiger partial charge in [0.05, 0.1) is 5.75 Å². The summed E-state index contributed by atoms with van der Waals surface area (Å²) in [5, 5.41) is 3.53. The van der Waals surface area contributed by atoms with E-state index in [2.05, 4.69) is 37.9 Å². The van der Waals surface area contributed by atoms with Crippen LogP contribution in [0.1, 0.15) is 41.0 Å². The van der Waals surface area contributed by atoms with Gasteiger partial charge in [0.2, 0.25) is 0 Å². The number of piperazine rings is 1. The molecule has 2 atom stereocenters. The SMILES string of the molecule is CCS(=O)(=O)CCCN1CC(C)NCC1C(C)(C)C. The van der Waals surface area contributed by atoms with Gasteiger partial charge < -0.3 is 5.32 Å². The van der Waals surface area contributed by atoms with E-state index in [1.165, 1.54) is 0 Å². The topological polar surface area (TPSA) is 49.4 Å². The van der Waals surface area contributed by atoms with Gasteiger partial charge in [-0.25, -0.2) is 8.42 Å². The fraction of sp³-hybridized carbons (Fsp3) is 1.00. The molecule has 0 aromatic rings. The smallest absolute Gasteiger partial charge is 0.150 e. The molecule has 1 aliphatic rings. The number of hydrogen-bond acceptors (Lipinski definition) is 4. The van der Waals surface area contributed by atoms with Crippen molar-refractivity contribution in [3.8, 4) is 0 Å². The van der Waals surface area contributed by atoms with E-state index in [1.807, 2.05) is 0 Å². The molecule has 1 heterocycles. The van der Waals surface area contributed by atoms with Gasteiger partial charge in [0.15, 0.2) is 0 Å². The average Bonchev–Trinajstić information content (AvgIpc) is 2.27. The van der Waals surface area contributed by atoms with Crippen molar-refractivity contribution in [3.63, 3.8) is 0 Å². The highest BCUT2D eigenvalue weighted by molar-refractivity contribution is 7.91. The molecule has 4 nitrogen and oxygen atoms in total. The largest absolute Gasteiger partial charge is 0.311 e. The summed E-state index contributed by atoms with van der Waals surface area (Å²) in [5.74, 6) is 0.576. The fourth-order valence-corrected chi connectivity index (χ4v) is 3.58. The van der Waals surface area contributed by atoms with E-state index >= 15 is 0 Å². The zero-order valence-electron chi connectivity index (χ0n) is 13.1. The van der Waals surface area contributed by atoms with Crippen LogP contribution >= 0.6 is 0 Å². The molecule has 1 N–H and O–H groups in total. The van der Waals surface area contributed by atoms with Gasteiger partial charge in [0, 0.05) is 30.9 Å². The van der Waals surface area contributed by atoms with Gasteiger partial charge >= 0.3 is 0 Å². The molecule has 0 aliphatic carbocycles. The lowest BCUT2D eigenvalue weighted by molar-refractivity contribution is 0.0594. The molecule has 19 heavy (non-hydrogen) atoms. The molecule has 0 amide bonds. The Morgan fingerprint density at radius 2 is 1.95 bits per heavy atom. The van der Waals surface area contributed by atoms with Gasteiger partial charge in [-0.15, -0.1) is 0 Å². The number of sulfone groups is 1. The van der Waals surface area contributed by atoms with Crippen LogP contribution in [0.2, 0.25) is 0 Å². The van der Waals surface area contributed by atoms with Gasteiger partial charge in [-0.3, -0.25) is 4.90 Å². The second kappa shape index (κ2) is 6.55. The quantitative estimate of drug-likeness (QED) is 0.834. The highest BCUT2D eigenvalue weighted by atomic mass is 32.2. The minimum atomic E-state index is -2.83. The third-order valence-electron chi connectivity index (χ3n) is 3.95. The van der Waals surface area contributed by atoms with Crippen LogP contribution in [0.15, 0.2) is 0 Å². The highest BCUT2D eigenvalue weighted by Gasteiger charge is 2.34. The summed E-state index contributed by atoms with van der Waals surface area (Å²) in [7, 11) is -2.83. The Morgan fingerprint density at radius 3 is 2.47 bits per heavy atom. The lowest BCUT2D eigenvalue weighted by Gasteiger charge is -2.46. The summed E-state index contributed by atoms with van der Waals surface area (Å²) in [4.78, 5) is 2.46. The Balaban J connectivity index is 2.56. The second-order valence-electron chi connectivity index (χ2n) is 6.78. The van der Waals surface area contributed by atoms with Crippen LogP contribution in [0.5, 0.6) is 0 Å². The molecule has 2 unspecified atom stereocenters. The van der Waals surface area contributed by atoms with Gasteiger partial charge in [-0.05, 0) is 25.3 Å². The van der Waals surface area contributed by atoms with Crippen LogP contribution in [0.25, 0.3) is 0 Å². The van der Waals surface area contributed by atoms with Gasteiger partial charge in [0.1, 0.15) is 9.84 Å². The van der Waals surface area contributed by atoms with Crippen molar-refractivity contribution in [2.24, 2.45) is 5.41 Å². The molecule has 1 rings (SSSR count). The van der Waals surface area contributed by atoms with Crippen LogP contribution in [-0.2, 0) is 9.84 Å². The molecular formula is C14H30N2O2S. The Bertz CT molecular complexity index is 373. The Kier molecular flexibility index (Phi) is 5.83. The first-order valence-corrected chi connectivity index (χ1v) is 9.15. The minimum absolute atomic E-state index is 0.219. The van der Waals surface area contributed by atoms with E-state index < -0.39 is 9.84 Å². The second-order valence-corrected chi connectivity index (χ2v) is 9.25. The molecule has 0 saturated carbocycles. The molecule has 1 saturated heterocycles. The summed E-state index contributed by atoms with van der Waals surface area (Å²) < 4.78 is 23.1. The Labute approximate surface area is 118 Å². The van der Waals surface area contributed by atoms with Crippen LogP contribution in [-0.4, -0.2) is 56.5 Å². The van der Waals surface area contributed by atoms with Crippen molar-refractivity contribution in [1.82, 2.24) is 10.2 Å². The van der Waals surface area contributed by atoms with E-state index in [4.69, 9.17) is 0 Å². The summed E-state index contributed by atoms with van der Waals surface area (Å²) in [6.45, 7) is 13.6. The Morgan fingerprint density at radius 1 is 1.32 bits per heavy atom. The molecule has 1 fully saturated rings. The number of rotatable bonds is 5.